The molecule has 6 nitrogen and oxygen atoms in total. The molecule has 1 aromatic heterocycles. The average Bonchev–Trinajstić information content (AvgIpc) is 3.04. The summed E-state index contributed by atoms with van der Waals surface area (Å²) in [5.74, 6) is 0. The van der Waals surface area contributed by atoms with Crippen molar-refractivity contribution in [2.45, 2.75) is 57.6 Å². The molecule has 2 rings (SSSR count). The number of aliphatic hydroxyl groups is 3. The number of nitrogens with zero attached hydrogens (tertiary/aromatic N) is 3. The zero-order valence-corrected chi connectivity index (χ0v) is 12.1. The van der Waals surface area contributed by atoms with E-state index >= 15 is 0 Å². The molecule has 0 unspecified atom stereocenters. The molecule has 0 radical (unpaired) electrons. The van der Waals surface area contributed by atoms with Crippen LogP contribution in [0.5, 0.6) is 0 Å². The molecule has 0 bridgehead atoms. The highest BCUT2D eigenvalue weighted by atomic mass is 16.3. The number of aromatic nitrogens is 3. The Hall–Kier alpha value is -0.980. The highest BCUT2D eigenvalue weighted by Gasteiger charge is 2.45. The quantitative estimate of drug-likeness (QED) is 0.640. The average molecular weight is 283 g/mol. The summed E-state index contributed by atoms with van der Waals surface area (Å²) in [7, 11) is 0. The Kier molecular flexibility index (Phi) is 5.12. The molecule has 0 spiro atoms. The van der Waals surface area contributed by atoms with Crippen LogP contribution in [0, 0.1) is 5.41 Å². The molecule has 20 heavy (non-hydrogen) atoms. The zero-order valence-electron chi connectivity index (χ0n) is 12.1. The standard InChI is InChI=1S/C14H25N3O3/c1-2-3-4-5-11-8-17(16-15-11)12-6-14(9-18,10-19)7-13(12)20/h8,12-13,18-20H,2-7,9-10H2,1H3/t12-,13-/m1/s1. The second kappa shape index (κ2) is 6.65. The number of unbranched alkanes of at least 4 members (excludes halogenated alkanes) is 2. The number of rotatable bonds is 7. The monoisotopic (exact) mass is 283 g/mol. The van der Waals surface area contributed by atoms with Gasteiger partial charge in [0.2, 0.25) is 0 Å². The molecule has 0 saturated heterocycles. The van der Waals surface area contributed by atoms with E-state index in [1.165, 1.54) is 12.8 Å². The van der Waals surface area contributed by atoms with E-state index in [0.717, 1.165) is 18.5 Å². The molecule has 0 amide bonds. The predicted octanol–water partition coefficient (Wildman–Crippen LogP) is 0.678. The fourth-order valence-corrected chi connectivity index (χ4v) is 2.97. The van der Waals surface area contributed by atoms with Crippen molar-refractivity contribution in [3.8, 4) is 0 Å². The second-order valence-corrected chi connectivity index (χ2v) is 6.01. The number of hydrogen-bond acceptors (Lipinski definition) is 5. The van der Waals surface area contributed by atoms with E-state index in [2.05, 4.69) is 17.2 Å². The van der Waals surface area contributed by atoms with Gasteiger partial charge in [-0.05, 0) is 25.7 Å². The third kappa shape index (κ3) is 3.19. The molecule has 114 valence electrons. The van der Waals surface area contributed by atoms with E-state index in [9.17, 15) is 15.3 Å². The van der Waals surface area contributed by atoms with Crippen LogP contribution in [-0.4, -0.2) is 49.6 Å². The minimum atomic E-state index is -0.599. The van der Waals surface area contributed by atoms with Crippen LogP contribution in [0.1, 0.15) is 50.8 Å². The maximum atomic E-state index is 10.2. The molecule has 1 aliphatic carbocycles. The van der Waals surface area contributed by atoms with Crippen LogP contribution in [0.4, 0.5) is 0 Å². The van der Waals surface area contributed by atoms with Crippen LogP contribution in [0.25, 0.3) is 0 Å². The first-order valence-corrected chi connectivity index (χ1v) is 7.44. The van der Waals surface area contributed by atoms with Crippen molar-refractivity contribution in [3.63, 3.8) is 0 Å². The van der Waals surface area contributed by atoms with Gasteiger partial charge >= 0.3 is 0 Å². The van der Waals surface area contributed by atoms with Gasteiger partial charge in [-0.1, -0.05) is 25.0 Å². The topological polar surface area (TPSA) is 91.4 Å². The van der Waals surface area contributed by atoms with Crippen LogP contribution >= 0.6 is 0 Å². The third-order valence-electron chi connectivity index (χ3n) is 4.33. The summed E-state index contributed by atoms with van der Waals surface area (Å²) in [5, 5.41) is 37.3. The Morgan fingerprint density at radius 1 is 1.30 bits per heavy atom. The van der Waals surface area contributed by atoms with Gasteiger partial charge < -0.3 is 15.3 Å². The van der Waals surface area contributed by atoms with Crippen LogP contribution < -0.4 is 0 Å². The Bertz CT molecular complexity index is 418. The first-order valence-electron chi connectivity index (χ1n) is 7.44. The molecule has 1 heterocycles. The normalized spacial score (nSPS) is 25.2. The lowest BCUT2D eigenvalue weighted by Gasteiger charge is -2.23. The van der Waals surface area contributed by atoms with Gasteiger partial charge in [-0.15, -0.1) is 5.10 Å². The smallest absolute Gasteiger partial charge is 0.0827 e. The van der Waals surface area contributed by atoms with E-state index in [-0.39, 0.29) is 19.3 Å². The largest absolute Gasteiger partial charge is 0.396 e. The van der Waals surface area contributed by atoms with Crippen LogP contribution in [-0.2, 0) is 6.42 Å². The molecule has 6 heteroatoms. The fraction of sp³-hybridized carbons (Fsp3) is 0.857. The summed E-state index contributed by atoms with van der Waals surface area (Å²) in [4.78, 5) is 0. The van der Waals surface area contributed by atoms with Gasteiger partial charge in [-0.3, -0.25) is 0 Å². The van der Waals surface area contributed by atoms with Gasteiger partial charge in [-0.25, -0.2) is 4.68 Å². The molecule has 3 N–H and O–H groups in total. The van der Waals surface area contributed by atoms with Crippen molar-refractivity contribution >= 4 is 0 Å². The zero-order chi connectivity index (χ0) is 14.6. The van der Waals surface area contributed by atoms with Crippen molar-refractivity contribution in [1.29, 1.82) is 0 Å². The molecule has 1 fully saturated rings. The van der Waals surface area contributed by atoms with Gasteiger partial charge in [0, 0.05) is 11.6 Å². The SMILES string of the molecule is CCCCCc1cn([C@@H]2CC(CO)(CO)C[C@H]2O)nn1. The molecule has 1 aromatic rings. The Balaban J connectivity index is 2.01. The van der Waals surface area contributed by atoms with E-state index in [4.69, 9.17) is 0 Å². The molecule has 2 atom stereocenters. The highest BCUT2D eigenvalue weighted by molar-refractivity contribution is 5.00. The molecule has 0 aromatic carbocycles. The number of hydrogen-bond donors (Lipinski definition) is 3. The van der Waals surface area contributed by atoms with Crippen LogP contribution in [0.3, 0.4) is 0 Å². The Morgan fingerprint density at radius 2 is 2.05 bits per heavy atom. The lowest BCUT2D eigenvalue weighted by molar-refractivity contribution is 0.0466. The van der Waals surface area contributed by atoms with Crippen molar-refractivity contribution in [3.05, 3.63) is 11.9 Å². The maximum Gasteiger partial charge on any atom is 0.0827 e. The Morgan fingerprint density at radius 3 is 2.65 bits per heavy atom. The first kappa shape index (κ1) is 15.4. The molecule has 0 aliphatic heterocycles. The lowest BCUT2D eigenvalue weighted by atomic mass is 9.88. The van der Waals surface area contributed by atoms with E-state index in [0.29, 0.717) is 12.8 Å². The van der Waals surface area contributed by atoms with Crippen molar-refractivity contribution in [2.24, 2.45) is 5.41 Å². The molecular weight excluding hydrogens is 258 g/mol. The lowest BCUT2D eigenvalue weighted by Crippen LogP contribution is -2.27. The van der Waals surface area contributed by atoms with Gasteiger partial charge in [0.15, 0.2) is 0 Å². The van der Waals surface area contributed by atoms with Crippen molar-refractivity contribution < 1.29 is 15.3 Å². The van der Waals surface area contributed by atoms with Gasteiger partial charge in [-0.2, -0.15) is 0 Å². The van der Waals surface area contributed by atoms with Gasteiger partial charge in [0.1, 0.15) is 0 Å². The number of aryl methyl sites for hydroxylation is 1. The Labute approximate surface area is 119 Å². The summed E-state index contributed by atoms with van der Waals surface area (Å²) in [6, 6.07) is -0.207. The van der Waals surface area contributed by atoms with Crippen LogP contribution in [0.2, 0.25) is 0 Å². The van der Waals surface area contributed by atoms with E-state index in [1.54, 1.807) is 4.68 Å². The minimum Gasteiger partial charge on any atom is -0.396 e. The summed E-state index contributed by atoms with van der Waals surface area (Å²) >= 11 is 0. The minimum absolute atomic E-state index is 0.116. The van der Waals surface area contributed by atoms with E-state index in [1.807, 2.05) is 6.20 Å². The summed E-state index contributed by atoms with van der Waals surface area (Å²) in [6.45, 7) is 1.93. The fourth-order valence-electron chi connectivity index (χ4n) is 2.97. The third-order valence-corrected chi connectivity index (χ3v) is 4.33. The first-order chi connectivity index (χ1) is 9.64. The maximum absolute atomic E-state index is 10.2. The molecule has 1 saturated carbocycles. The van der Waals surface area contributed by atoms with E-state index < -0.39 is 11.5 Å². The summed E-state index contributed by atoms with van der Waals surface area (Å²) < 4.78 is 1.69. The van der Waals surface area contributed by atoms with Gasteiger partial charge in [0.05, 0.1) is 31.1 Å². The molecular formula is C14H25N3O3. The van der Waals surface area contributed by atoms with Crippen LogP contribution in [0.15, 0.2) is 6.20 Å². The summed E-state index contributed by atoms with van der Waals surface area (Å²) in [5.41, 5.74) is 0.342. The van der Waals surface area contributed by atoms with Crippen molar-refractivity contribution in [1.82, 2.24) is 15.0 Å². The highest BCUT2D eigenvalue weighted by Crippen LogP contribution is 2.43. The predicted molar refractivity (Wildman–Crippen MR) is 74.1 cm³/mol. The second-order valence-electron chi connectivity index (χ2n) is 6.01. The summed E-state index contributed by atoms with van der Waals surface area (Å²) in [6.07, 6.45) is 6.56. The van der Waals surface area contributed by atoms with Gasteiger partial charge in [0.25, 0.3) is 0 Å². The molecule has 1 aliphatic rings. The number of aliphatic hydroxyl groups excluding tert-OH is 3. The van der Waals surface area contributed by atoms with Crippen molar-refractivity contribution in [2.75, 3.05) is 13.2 Å².